The molecule has 4 nitrogen and oxygen atoms in total. The van der Waals surface area contributed by atoms with E-state index in [2.05, 4.69) is 41.6 Å². The van der Waals surface area contributed by atoms with E-state index < -0.39 is 5.91 Å². The highest BCUT2D eigenvalue weighted by Crippen LogP contribution is 2.27. The van der Waals surface area contributed by atoms with Crippen molar-refractivity contribution in [3.8, 4) is 0 Å². The van der Waals surface area contributed by atoms with Gasteiger partial charge in [-0.2, -0.15) is 0 Å². The maximum atomic E-state index is 11.7. The molecule has 0 aliphatic carbocycles. The summed E-state index contributed by atoms with van der Waals surface area (Å²) in [6.45, 7) is 8.61. The van der Waals surface area contributed by atoms with Crippen molar-refractivity contribution in [3.63, 3.8) is 0 Å². The highest BCUT2D eigenvalue weighted by molar-refractivity contribution is 9.10. The number of primary amides is 1. The number of hydrogen-bond acceptors (Lipinski definition) is 3. The van der Waals surface area contributed by atoms with Gasteiger partial charge in [0.25, 0.3) is 5.91 Å². The maximum Gasteiger partial charge on any atom is 0.250 e. The summed E-state index contributed by atoms with van der Waals surface area (Å²) < 4.78 is 0.851. The third-order valence-electron chi connectivity index (χ3n) is 3.23. The Morgan fingerprint density at radius 3 is 2.55 bits per heavy atom. The molecular weight excluding hydrogens is 318 g/mol. The molecule has 5 heteroatoms. The highest BCUT2D eigenvalue weighted by Gasteiger charge is 2.22. The molecule has 0 saturated heterocycles. The molecule has 0 atom stereocenters. The number of carbonyl (C=O) groups excluding carboxylic acids is 1. The zero-order valence-electron chi connectivity index (χ0n) is 12.4. The molecule has 0 bridgehead atoms. The van der Waals surface area contributed by atoms with Gasteiger partial charge in [0.1, 0.15) is 0 Å². The van der Waals surface area contributed by atoms with E-state index in [1.54, 1.807) is 6.07 Å². The van der Waals surface area contributed by atoms with Crippen molar-refractivity contribution in [1.29, 1.82) is 0 Å². The first-order valence-electron chi connectivity index (χ1n) is 6.85. The number of carbonyl (C=O) groups is 1. The third-order valence-corrected chi connectivity index (χ3v) is 3.72. The van der Waals surface area contributed by atoms with E-state index >= 15 is 0 Å². The number of benzene rings is 1. The van der Waals surface area contributed by atoms with Gasteiger partial charge in [-0.1, -0.05) is 36.7 Å². The molecule has 1 aromatic carbocycles. The van der Waals surface area contributed by atoms with Crippen LogP contribution in [0.3, 0.4) is 0 Å². The summed E-state index contributed by atoms with van der Waals surface area (Å²) in [5.41, 5.74) is 12.7. The van der Waals surface area contributed by atoms with Crippen molar-refractivity contribution >= 4 is 27.5 Å². The van der Waals surface area contributed by atoms with Gasteiger partial charge in [-0.05, 0) is 36.6 Å². The van der Waals surface area contributed by atoms with Gasteiger partial charge >= 0.3 is 0 Å². The Kier molecular flexibility index (Phi) is 6.02. The van der Waals surface area contributed by atoms with Gasteiger partial charge in [0, 0.05) is 23.2 Å². The number of hydrogen-bond donors (Lipinski definition) is 2. The molecule has 0 aliphatic rings. The van der Waals surface area contributed by atoms with Crippen molar-refractivity contribution < 1.29 is 4.79 Å². The second-order valence-corrected chi connectivity index (χ2v) is 6.73. The van der Waals surface area contributed by atoms with Crippen LogP contribution >= 0.6 is 15.9 Å². The van der Waals surface area contributed by atoms with Crippen LogP contribution in [0.4, 0.5) is 5.69 Å². The summed E-state index contributed by atoms with van der Waals surface area (Å²) in [6.07, 6.45) is 0.995. The number of anilines is 1. The topological polar surface area (TPSA) is 72.3 Å². The van der Waals surface area contributed by atoms with Crippen LogP contribution < -0.4 is 16.4 Å². The summed E-state index contributed by atoms with van der Waals surface area (Å²) in [4.78, 5) is 13.9. The van der Waals surface area contributed by atoms with Crippen LogP contribution in [0.25, 0.3) is 0 Å². The highest BCUT2D eigenvalue weighted by atomic mass is 79.9. The molecule has 1 aromatic rings. The number of nitrogens with zero attached hydrogens (tertiary/aromatic N) is 1. The molecule has 0 fully saturated rings. The fraction of sp³-hybridized carbons (Fsp3) is 0.533. The molecule has 20 heavy (non-hydrogen) atoms. The molecule has 0 aromatic heterocycles. The van der Waals surface area contributed by atoms with E-state index in [1.165, 1.54) is 0 Å². The normalized spacial score (nSPS) is 11.4. The van der Waals surface area contributed by atoms with E-state index in [0.717, 1.165) is 29.7 Å². The monoisotopic (exact) mass is 341 g/mol. The SMILES string of the molecule is CCCN(CC(C)(C)CN)c1ccc(Br)cc1C(N)=O. The summed E-state index contributed by atoms with van der Waals surface area (Å²) in [5, 5.41) is 0. The van der Waals surface area contributed by atoms with Crippen LogP contribution in [0.1, 0.15) is 37.6 Å². The minimum Gasteiger partial charge on any atom is -0.370 e. The van der Waals surface area contributed by atoms with E-state index in [1.807, 2.05) is 12.1 Å². The van der Waals surface area contributed by atoms with E-state index in [0.29, 0.717) is 12.1 Å². The molecule has 0 heterocycles. The molecule has 4 N–H and O–H groups in total. The van der Waals surface area contributed by atoms with Crippen LogP contribution in [0, 0.1) is 5.41 Å². The Balaban J connectivity index is 3.17. The Morgan fingerprint density at radius 1 is 1.40 bits per heavy atom. The Labute approximate surface area is 129 Å². The lowest BCUT2D eigenvalue weighted by Gasteiger charge is -2.34. The Morgan fingerprint density at radius 2 is 2.05 bits per heavy atom. The predicted molar refractivity (Wildman–Crippen MR) is 88.0 cm³/mol. The first-order valence-corrected chi connectivity index (χ1v) is 7.64. The van der Waals surface area contributed by atoms with Gasteiger partial charge in [0.05, 0.1) is 5.56 Å². The minimum absolute atomic E-state index is 0.0167. The van der Waals surface area contributed by atoms with Crippen molar-refractivity contribution in [3.05, 3.63) is 28.2 Å². The minimum atomic E-state index is -0.409. The standard InChI is InChI=1S/C15H24BrN3O/c1-4-7-19(10-15(2,3)9-17)13-6-5-11(16)8-12(13)14(18)20/h5-6,8H,4,7,9-10,17H2,1-3H3,(H2,18,20). The summed E-state index contributed by atoms with van der Waals surface area (Å²) in [6, 6.07) is 5.64. The zero-order chi connectivity index (χ0) is 15.3. The van der Waals surface area contributed by atoms with Gasteiger partial charge in [0.2, 0.25) is 0 Å². The number of nitrogens with two attached hydrogens (primary N) is 2. The summed E-state index contributed by atoms with van der Waals surface area (Å²) in [7, 11) is 0. The second kappa shape index (κ2) is 7.09. The molecule has 0 saturated carbocycles. The lowest BCUT2D eigenvalue weighted by atomic mass is 9.92. The maximum absolute atomic E-state index is 11.7. The molecule has 0 aliphatic heterocycles. The smallest absolute Gasteiger partial charge is 0.250 e. The predicted octanol–water partition coefficient (Wildman–Crippen LogP) is 2.75. The van der Waals surface area contributed by atoms with Crippen LogP contribution in [-0.4, -0.2) is 25.5 Å². The quantitative estimate of drug-likeness (QED) is 0.800. The van der Waals surface area contributed by atoms with Gasteiger partial charge in [-0.15, -0.1) is 0 Å². The van der Waals surface area contributed by atoms with Gasteiger partial charge in [-0.3, -0.25) is 4.79 Å². The molecule has 1 amide bonds. The molecular formula is C15H24BrN3O. The van der Waals surface area contributed by atoms with Gasteiger partial charge in [-0.25, -0.2) is 0 Å². The summed E-state index contributed by atoms with van der Waals surface area (Å²) in [5.74, 6) is -0.409. The zero-order valence-corrected chi connectivity index (χ0v) is 14.0. The lowest BCUT2D eigenvalue weighted by molar-refractivity contribution is 0.100. The van der Waals surface area contributed by atoms with Crippen LogP contribution in [0.5, 0.6) is 0 Å². The van der Waals surface area contributed by atoms with Crippen LogP contribution in [0.2, 0.25) is 0 Å². The van der Waals surface area contributed by atoms with Gasteiger partial charge < -0.3 is 16.4 Å². The third kappa shape index (κ3) is 4.49. The number of halogens is 1. The van der Waals surface area contributed by atoms with Crippen LogP contribution in [0.15, 0.2) is 22.7 Å². The first-order chi connectivity index (χ1) is 9.30. The van der Waals surface area contributed by atoms with Crippen molar-refractivity contribution in [2.45, 2.75) is 27.2 Å². The van der Waals surface area contributed by atoms with E-state index in [4.69, 9.17) is 11.5 Å². The van der Waals surface area contributed by atoms with Gasteiger partial charge in [0.15, 0.2) is 0 Å². The molecule has 1 rings (SSSR count). The van der Waals surface area contributed by atoms with E-state index in [9.17, 15) is 4.79 Å². The molecule has 112 valence electrons. The largest absolute Gasteiger partial charge is 0.370 e. The Bertz CT molecular complexity index is 474. The average molecular weight is 342 g/mol. The number of amides is 1. The summed E-state index contributed by atoms with van der Waals surface area (Å²) >= 11 is 3.38. The van der Waals surface area contributed by atoms with Crippen molar-refractivity contribution in [1.82, 2.24) is 0 Å². The fourth-order valence-corrected chi connectivity index (χ4v) is 2.48. The van der Waals surface area contributed by atoms with E-state index in [-0.39, 0.29) is 5.41 Å². The van der Waals surface area contributed by atoms with Crippen molar-refractivity contribution in [2.75, 3.05) is 24.5 Å². The molecule has 0 unspecified atom stereocenters. The first kappa shape index (κ1) is 17.0. The fourth-order valence-electron chi connectivity index (χ4n) is 2.12. The number of rotatable bonds is 7. The average Bonchev–Trinajstić information content (AvgIpc) is 2.38. The Hall–Kier alpha value is -1.07. The van der Waals surface area contributed by atoms with Crippen LogP contribution in [-0.2, 0) is 0 Å². The molecule has 0 spiro atoms. The van der Waals surface area contributed by atoms with Crippen molar-refractivity contribution in [2.24, 2.45) is 16.9 Å². The molecule has 0 radical (unpaired) electrons. The second-order valence-electron chi connectivity index (χ2n) is 5.82. The lowest BCUT2D eigenvalue weighted by Crippen LogP contribution is -2.40.